The number of thioether (sulfide) groups is 1. The van der Waals surface area contributed by atoms with Crippen molar-refractivity contribution in [1.82, 2.24) is 20.2 Å². The Bertz CT molecular complexity index is 720. The number of hydrogen-bond donors (Lipinski definition) is 0. The van der Waals surface area contributed by atoms with Crippen LogP contribution in [0.3, 0.4) is 0 Å². The first-order chi connectivity index (χ1) is 10.7. The summed E-state index contributed by atoms with van der Waals surface area (Å²) in [6.45, 7) is 4.38. The van der Waals surface area contributed by atoms with Gasteiger partial charge in [0.2, 0.25) is 5.16 Å². The highest BCUT2D eigenvalue weighted by molar-refractivity contribution is 7.98. The quantitative estimate of drug-likeness (QED) is 0.666. The molecule has 0 N–H and O–H groups in total. The Hall–Kier alpha value is -2.14. The molecule has 0 fully saturated rings. The van der Waals surface area contributed by atoms with Gasteiger partial charge >= 0.3 is 0 Å². The first-order valence-electron chi connectivity index (χ1n) is 7.29. The van der Waals surface area contributed by atoms with Gasteiger partial charge in [-0.2, -0.15) is 4.68 Å². The second-order valence-corrected chi connectivity index (χ2v) is 6.34. The van der Waals surface area contributed by atoms with Gasteiger partial charge in [0.25, 0.3) is 0 Å². The van der Waals surface area contributed by atoms with Crippen LogP contribution in [0.2, 0.25) is 0 Å². The van der Waals surface area contributed by atoms with E-state index in [1.807, 2.05) is 18.2 Å². The Morgan fingerprint density at radius 2 is 1.73 bits per heavy atom. The molecule has 0 saturated heterocycles. The molecular weight excluding hydrogens is 292 g/mol. The van der Waals surface area contributed by atoms with Gasteiger partial charge in [-0.25, -0.2) is 0 Å². The maximum atomic E-state index is 4.13. The number of aromatic nitrogens is 4. The van der Waals surface area contributed by atoms with Crippen LogP contribution in [0, 0.1) is 0 Å². The van der Waals surface area contributed by atoms with Crippen LogP contribution in [-0.4, -0.2) is 20.2 Å². The van der Waals surface area contributed by atoms with Crippen LogP contribution in [0.1, 0.15) is 30.9 Å². The molecule has 0 radical (unpaired) electrons. The Kier molecular flexibility index (Phi) is 4.53. The van der Waals surface area contributed by atoms with Crippen molar-refractivity contribution in [2.75, 3.05) is 0 Å². The highest BCUT2D eigenvalue weighted by atomic mass is 32.2. The molecule has 0 aliphatic heterocycles. The molecule has 0 aliphatic carbocycles. The molecule has 0 atom stereocenters. The van der Waals surface area contributed by atoms with Crippen LogP contribution in [0.25, 0.3) is 5.69 Å². The van der Waals surface area contributed by atoms with Gasteiger partial charge in [0.1, 0.15) is 0 Å². The van der Waals surface area contributed by atoms with Crippen LogP contribution in [0.5, 0.6) is 0 Å². The summed E-state index contributed by atoms with van der Waals surface area (Å²) in [7, 11) is 0. The van der Waals surface area contributed by atoms with Crippen molar-refractivity contribution in [3.63, 3.8) is 0 Å². The van der Waals surface area contributed by atoms with E-state index in [1.165, 1.54) is 11.1 Å². The van der Waals surface area contributed by atoms with Crippen LogP contribution >= 0.6 is 11.8 Å². The van der Waals surface area contributed by atoms with Gasteiger partial charge in [-0.15, -0.1) is 5.10 Å². The first-order valence-corrected chi connectivity index (χ1v) is 8.28. The molecule has 0 amide bonds. The molecule has 0 aliphatic rings. The molecule has 1 heterocycles. The van der Waals surface area contributed by atoms with Crippen molar-refractivity contribution in [1.29, 1.82) is 0 Å². The summed E-state index contributed by atoms with van der Waals surface area (Å²) in [6.07, 6.45) is 0. The van der Waals surface area contributed by atoms with Crippen molar-refractivity contribution < 1.29 is 0 Å². The van der Waals surface area contributed by atoms with Gasteiger partial charge in [-0.1, -0.05) is 68.1 Å². The molecule has 112 valence electrons. The predicted molar refractivity (Wildman–Crippen MR) is 89.2 cm³/mol. The highest BCUT2D eigenvalue weighted by Gasteiger charge is 2.09. The summed E-state index contributed by atoms with van der Waals surface area (Å²) in [5.41, 5.74) is 3.57. The van der Waals surface area contributed by atoms with Crippen LogP contribution in [0.4, 0.5) is 0 Å². The predicted octanol–water partition coefficient (Wildman–Crippen LogP) is 4.08. The molecule has 1 aromatic heterocycles. The Labute approximate surface area is 134 Å². The lowest BCUT2D eigenvalue weighted by molar-refractivity contribution is 0.754. The third-order valence-corrected chi connectivity index (χ3v) is 4.45. The standard InChI is InChI=1S/C17H18N4S/c1-13(2)15-8-10-16(11-9-15)21-17(18-19-20-21)22-12-14-6-4-3-5-7-14/h3-11,13H,12H2,1-2H3. The zero-order valence-corrected chi connectivity index (χ0v) is 13.5. The monoisotopic (exact) mass is 310 g/mol. The van der Waals surface area contributed by atoms with E-state index in [1.54, 1.807) is 16.4 Å². The van der Waals surface area contributed by atoms with E-state index in [0.29, 0.717) is 5.92 Å². The van der Waals surface area contributed by atoms with Crippen LogP contribution in [0.15, 0.2) is 59.8 Å². The average molecular weight is 310 g/mol. The van der Waals surface area contributed by atoms with Crippen LogP contribution < -0.4 is 0 Å². The highest BCUT2D eigenvalue weighted by Crippen LogP contribution is 2.23. The summed E-state index contributed by atoms with van der Waals surface area (Å²) in [4.78, 5) is 0. The molecule has 0 spiro atoms. The largest absolute Gasteiger partial charge is 0.214 e. The van der Waals surface area contributed by atoms with Crippen molar-refractivity contribution in [2.24, 2.45) is 0 Å². The molecule has 4 nitrogen and oxygen atoms in total. The fourth-order valence-electron chi connectivity index (χ4n) is 2.15. The summed E-state index contributed by atoms with van der Waals surface area (Å²) in [6, 6.07) is 18.7. The fraction of sp³-hybridized carbons (Fsp3) is 0.235. The first kappa shape index (κ1) is 14.8. The average Bonchev–Trinajstić information content (AvgIpc) is 3.02. The minimum absolute atomic E-state index is 0.523. The maximum Gasteiger partial charge on any atom is 0.214 e. The molecular formula is C17H18N4S. The maximum absolute atomic E-state index is 4.13. The molecule has 3 rings (SSSR count). The van der Waals surface area contributed by atoms with E-state index in [0.717, 1.165) is 16.6 Å². The summed E-state index contributed by atoms with van der Waals surface area (Å²) in [5, 5.41) is 12.9. The van der Waals surface area contributed by atoms with E-state index in [9.17, 15) is 0 Å². The smallest absolute Gasteiger partial charge is 0.188 e. The van der Waals surface area contributed by atoms with Gasteiger partial charge in [-0.05, 0) is 39.6 Å². The number of benzene rings is 2. The normalized spacial score (nSPS) is 11.0. The lowest BCUT2D eigenvalue weighted by Crippen LogP contribution is -1.99. The summed E-state index contributed by atoms with van der Waals surface area (Å²) < 4.78 is 1.79. The molecule has 22 heavy (non-hydrogen) atoms. The molecule has 0 bridgehead atoms. The number of nitrogens with zero attached hydrogens (tertiary/aromatic N) is 4. The number of tetrazole rings is 1. The van der Waals surface area contributed by atoms with E-state index < -0.39 is 0 Å². The van der Waals surface area contributed by atoms with Crippen molar-refractivity contribution in [3.05, 3.63) is 65.7 Å². The van der Waals surface area contributed by atoms with Gasteiger partial charge < -0.3 is 0 Å². The van der Waals surface area contributed by atoms with Gasteiger partial charge in [0.05, 0.1) is 5.69 Å². The Morgan fingerprint density at radius 3 is 2.41 bits per heavy atom. The lowest BCUT2D eigenvalue weighted by Gasteiger charge is -2.08. The topological polar surface area (TPSA) is 43.6 Å². The van der Waals surface area contributed by atoms with Crippen LogP contribution in [-0.2, 0) is 5.75 Å². The van der Waals surface area contributed by atoms with E-state index in [2.05, 4.69) is 65.8 Å². The number of rotatable bonds is 5. The van der Waals surface area contributed by atoms with Crippen molar-refractivity contribution >= 4 is 11.8 Å². The minimum Gasteiger partial charge on any atom is -0.188 e. The van der Waals surface area contributed by atoms with E-state index in [-0.39, 0.29) is 0 Å². The third kappa shape index (κ3) is 3.36. The van der Waals surface area contributed by atoms with Crippen molar-refractivity contribution in [2.45, 2.75) is 30.7 Å². The van der Waals surface area contributed by atoms with Gasteiger partial charge in [-0.3, -0.25) is 0 Å². The summed E-state index contributed by atoms with van der Waals surface area (Å²) >= 11 is 1.64. The third-order valence-electron chi connectivity index (χ3n) is 3.46. The zero-order chi connectivity index (χ0) is 15.4. The molecule has 3 aromatic rings. The fourth-order valence-corrected chi connectivity index (χ4v) is 3.00. The second-order valence-electron chi connectivity index (χ2n) is 5.39. The van der Waals surface area contributed by atoms with Crippen molar-refractivity contribution in [3.8, 4) is 5.69 Å². The second kappa shape index (κ2) is 6.75. The molecule has 5 heteroatoms. The van der Waals surface area contributed by atoms with E-state index in [4.69, 9.17) is 0 Å². The number of hydrogen-bond acceptors (Lipinski definition) is 4. The molecule has 0 unspecified atom stereocenters. The Morgan fingerprint density at radius 1 is 1.00 bits per heavy atom. The zero-order valence-electron chi connectivity index (χ0n) is 12.7. The summed E-state index contributed by atoms with van der Waals surface area (Å²) in [5.74, 6) is 1.38. The van der Waals surface area contributed by atoms with Gasteiger partial charge in [0, 0.05) is 5.75 Å². The molecule has 0 saturated carbocycles. The SMILES string of the molecule is CC(C)c1ccc(-n2nnnc2SCc2ccccc2)cc1. The minimum atomic E-state index is 0.523. The van der Waals surface area contributed by atoms with E-state index >= 15 is 0 Å². The lowest BCUT2D eigenvalue weighted by atomic mass is 10.0. The van der Waals surface area contributed by atoms with Gasteiger partial charge in [0.15, 0.2) is 0 Å². The Balaban J connectivity index is 1.77. The molecule has 2 aromatic carbocycles.